The van der Waals surface area contributed by atoms with Crippen molar-refractivity contribution >= 4 is 0 Å². The largest absolute Gasteiger partial charge is 0.328 e. The summed E-state index contributed by atoms with van der Waals surface area (Å²) in [5, 5.41) is 7.03. The fourth-order valence-corrected chi connectivity index (χ4v) is 1.20. The molecule has 1 aromatic heterocycles. The molecule has 1 heterocycles. The number of nitrogens with zero attached hydrogens (tertiary/aromatic N) is 1. The van der Waals surface area contributed by atoms with Crippen molar-refractivity contribution in [1.82, 2.24) is 10.2 Å². The van der Waals surface area contributed by atoms with E-state index in [9.17, 15) is 0 Å². The Morgan fingerprint density at radius 3 is 2.55 bits per heavy atom. The molecule has 3 heteroatoms. The van der Waals surface area contributed by atoms with Crippen LogP contribution in [0.4, 0.5) is 0 Å². The van der Waals surface area contributed by atoms with E-state index in [0.717, 1.165) is 17.8 Å². The third-order valence-electron chi connectivity index (χ3n) is 1.81. The van der Waals surface area contributed by atoms with Crippen LogP contribution >= 0.6 is 0 Å². The summed E-state index contributed by atoms with van der Waals surface area (Å²) in [5.41, 5.74) is 9.15. The van der Waals surface area contributed by atoms with Crippen molar-refractivity contribution < 1.29 is 0 Å². The van der Waals surface area contributed by atoms with Crippen molar-refractivity contribution in [1.29, 1.82) is 0 Å². The van der Waals surface area contributed by atoms with Crippen molar-refractivity contribution in [3.63, 3.8) is 0 Å². The van der Waals surface area contributed by atoms with Crippen molar-refractivity contribution in [2.24, 2.45) is 5.73 Å². The van der Waals surface area contributed by atoms with Gasteiger partial charge in [-0.25, -0.2) is 0 Å². The molecule has 0 amide bonds. The Labute approximate surface area is 67.0 Å². The normalized spacial score (nSPS) is 13.5. The standard InChI is InChI=1S/C8H15N3/c1-5(9)4-8-6(2)10-11-7(8)3/h5H,4,9H2,1-3H3,(H,10,11)/t5-/m0/s1. The molecular formula is C8H15N3. The van der Waals surface area contributed by atoms with Gasteiger partial charge in [0.25, 0.3) is 0 Å². The van der Waals surface area contributed by atoms with Crippen LogP contribution in [0, 0.1) is 13.8 Å². The summed E-state index contributed by atoms with van der Waals surface area (Å²) in [6.07, 6.45) is 0.911. The third-order valence-corrected chi connectivity index (χ3v) is 1.81. The van der Waals surface area contributed by atoms with Gasteiger partial charge in [-0.3, -0.25) is 5.10 Å². The molecule has 0 aromatic carbocycles. The van der Waals surface area contributed by atoms with E-state index in [1.54, 1.807) is 0 Å². The minimum atomic E-state index is 0.213. The molecule has 0 aliphatic rings. The molecule has 1 atom stereocenters. The summed E-state index contributed by atoms with van der Waals surface area (Å²) in [7, 11) is 0. The number of aromatic nitrogens is 2. The first kappa shape index (κ1) is 8.27. The van der Waals surface area contributed by atoms with Gasteiger partial charge in [0.2, 0.25) is 0 Å². The van der Waals surface area contributed by atoms with Crippen molar-refractivity contribution in [2.45, 2.75) is 33.2 Å². The number of hydrogen-bond acceptors (Lipinski definition) is 2. The van der Waals surface area contributed by atoms with Crippen LogP contribution in [-0.4, -0.2) is 16.2 Å². The van der Waals surface area contributed by atoms with Crippen molar-refractivity contribution in [3.8, 4) is 0 Å². The molecule has 3 N–H and O–H groups in total. The lowest BCUT2D eigenvalue weighted by Gasteiger charge is -2.03. The highest BCUT2D eigenvalue weighted by Gasteiger charge is 2.07. The van der Waals surface area contributed by atoms with E-state index in [1.165, 1.54) is 5.56 Å². The fourth-order valence-electron chi connectivity index (χ4n) is 1.20. The van der Waals surface area contributed by atoms with E-state index < -0.39 is 0 Å². The Balaban J connectivity index is 2.83. The monoisotopic (exact) mass is 153 g/mol. The van der Waals surface area contributed by atoms with Crippen LogP contribution < -0.4 is 5.73 Å². The van der Waals surface area contributed by atoms with Gasteiger partial charge in [0.05, 0.1) is 5.69 Å². The van der Waals surface area contributed by atoms with Gasteiger partial charge in [-0.2, -0.15) is 5.10 Å². The molecule has 11 heavy (non-hydrogen) atoms. The Morgan fingerprint density at radius 2 is 2.18 bits per heavy atom. The number of rotatable bonds is 2. The molecule has 0 spiro atoms. The van der Waals surface area contributed by atoms with E-state index >= 15 is 0 Å². The van der Waals surface area contributed by atoms with Crippen LogP contribution in [0.3, 0.4) is 0 Å². The zero-order valence-electron chi connectivity index (χ0n) is 7.31. The average molecular weight is 153 g/mol. The van der Waals surface area contributed by atoms with Gasteiger partial charge >= 0.3 is 0 Å². The Hall–Kier alpha value is -0.830. The SMILES string of the molecule is Cc1n[nH]c(C)c1C[C@H](C)N. The average Bonchev–Trinajstić information content (AvgIpc) is 2.18. The van der Waals surface area contributed by atoms with Gasteiger partial charge < -0.3 is 5.73 Å². The first-order valence-electron chi connectivity index (χ1n) is 3.87. The molecule has 0 aliphatic heterocycles. The highest BCUT2D eigenvalue weighted by Crippen LogP contribution is 2.10. The number of aromatic amines is 1. The molecule has 0 bridgehead atoms. The van der Waals surface area contributed by atoms with Crippen LogP contribution in [0.5, 0.6) is 0 Å². The van der Waals surface area contributed by atoms with Crippen LogP contribution in [0.2, 0.25) is 0 Å². The van der Waals surface area contributed by atoms with Crippen LogP contribution in [0.25, 0.3) is 0 Å². The van der Waals surface area contributed by atoms with E-state index in [2.05, 4.69) is 10.2 Å². The molecule has 3 nitrogen and oxygen atoms in total. The smallest absolute Gasteiger partial charge is 0.0626 e. The van der Waals surface area contributed by atoms with Gasteiger partial charge in [-0.1, -0.05) is 0 Å². The summed E-state index contributed by atoms with van der Waals surface area (Å²) in [5.74, 6) is 0. The van der Waals surface area contributed by atoms with Gasteiger partial charge in [-0.15, -0.1) is 0 Å². The molecule has 1 rings (SSSR count). The Bertz CT molecular complexity index is 218. The molecule has 1 aromatic rings. The van der Waals surface area contributed by atoms with E-state index in [0.29, 0.717) is 0 Å². The maximum atomic E-state index is 5.68. The second-order valence-corrected chi connectivity index (χ2v) is 3.09. The molecule has 0 unspecified atom stereocenters. The lowest BCUT2D eigenvalue weighted by molar-refractivity contribution is 0.732. The van der Waals surface area contributed by atoms with Gasteiger partial charge in [0.15, 0.2) is 0 Å². The van der Waals surface area contributed by atoms with Crippen LogP contribution in [0.1, 0.15) is 23.9 Å². The van der Waals surface area contributed by atoms with E-state index in [1.807, 2.05) is 20.8 Å². The second kappa shape index (κ2) is 3.05. The molecule has 0 saturated heterocycles. The van der Waals surface area contributed by atoms with Crippen molar-refractivity contribution in [3.05, 3.63) is 17.0 Å². The number of nitrogens with one attached hydrogen (secondary N) is 1. The first-order chi connectivity index (χ1) is 5.11. The summed E-state index contributed by atoms with van der Waals surface area (Å²) in [6, 6.07) is 0.213. The lowest BCUT2D eigenvalue weighted by Crippen LogP contribution is -2.18. The maximum absolute atomic E-state index is 5.68. The third kappa shape index (κ3) is 1.80. The number of aryl methyl sites for hydroxylation is 2. The highest BCUT2D eigenvalue weighted by molar-refractivity contribution is 5.23. The topological polar surface area (TPSA) is 54.7 Å². The predicted octanol–water partition coefficient (Wildman–Crippen LogP) is 0.916. The van der Waals surface area contributed by atoms with Gasteiger partial charge in [-0.05, 0) is 32.8 Å². The summed E-state index contributed by atoms with van der Waals surface area (Å²) >= 11 is 0. The quantitative estimate of drug-likeness (QED) is 0.663. The summed E-state index contributed by atoms with van der Waals surface area (Å²) < 4.78 is 0. The number of nitrogens with two attached hydrogens (primary N) is 1. The Kier molecular flexibility index (Phi) is 2.29. The predicted molar refractivity (Wildman–Crippen MR) is 45.4 cm³/mol. The van der Waals surface area contributed by atoms with Crippen molar-refractivity contribution in [2.75, 3.05) is 0 Å². The molecule has 0 saturated carbocycles. The van der Waals surface area contributed by atoms with Gasteiger partial charge in [0.1, 0.15) is 0 Å². The van der Waals surface area contributed by atoms with E-state index in [4.69, 9.17) is 5.73 Å². The number of H-pyrrole nitrogens is 1. The minimum absolute atomic E-state index is 0.213. The summed E-state index contributed by atoms with van der Waals surface area (Å²) in [4.78, 5) is 0. The molecule has 0 aliphatic carbocycles. The Morgan fingerprint density at radius 1 is 1.55 bits per heavy atom. The van der Waals surface area contributed by atoms with E-state index in [-0.39, 0.29) is 6.04 Å². The van der Waals surface area contributed by atoms with Gasteiger partial charge in [0, 0.05) is 11.7 Å². The fraction of sp³-hybridized carbons (Fsp3) is 0.625. The zero-order valence-corrected chi connectivity index (χ0v) is 7.31. The first-order valence-corrected chi connectivity index (χ1v) is 3.87. The zero-order chi connectivity index (χ0) is 8.43. The molecule has 0 fully saturated rings. The second-order valence-electron chi connectivity index (χ2n) is 3.09. The lowest BCUT2D eigenvalue weighted by atomic mass is 10.1. The van der Waals surface area contributed by atoms with Crippen LogP contribution in [-0.2, 0) is 6.42 Å². The minimum Gasteiger partial charge on any atom is -0.328 e. The maximum Gasteiger partial charge on any atom is 0.0626 e. The molecule has 62 valence electrons. The number of hydrogen-bond donors (Lipinski definition) is 2. The summed E-state index contributed by atoms with van der Waals surface area (Å²) in [6.45, 7) is 6.03. The highest BCUT2D eigenvalue weighted by atomic mass is 15.1. The molecular weight excluding hydrogens is 138 g/mol. The molecule has 0 radical (unpaired) electrons. The van der Waals surface area contributed by atoms with Crippen LogP contribution in [0.15, 0.2) is 0 Å².